The lowest BCUT2D eigenvalue weighted by atomic mass is 9.94. The van der Waals surface area contributed by atoms with Crippen LogP contribution in [0.15, 0.2) is 53.2 Å². The Labute approximate surface area is 205 Å². The average molecular weight is 470 g/mol. The van der Waals surface area contributed by atoms with E-state index in [0.29, 0.717) is 24.0 Å². The van der Waals surface area contributed by atoms with Crippen LogP contribution in [0.5, 0.6) is 0 Å². The second-order valence-electron chi connectivity index (χ2n) is 10.0. The van der Waals surface area contributed by atoms with Crippen molar-refractivity contribution in [2.45, 2.75) is 51.0 Å². The van der Waals surface area contributed by atoms with Crippen molar-refractivity contribution >= 4 is 11.7 Å². The number of piperazine rings is 1. The molecule has 0 bridgehead atoms. The van der Waals surface area contributed by atoms with Crippen molar-refractivity contribution in [1.82, 2.24) is 14.8 Å². The summed E-state index contributed by atoms with van der Waals surface area (Å²) in [5.74, 6) is 1.19. The van der Waals surface area contributed by atoms with Crippen LogP contribution >= 0.6 is 0 Å². The van der Waals surface area contributed by atoms with Gasteiger partial charge in [0.05, 0.1) is 0 Å². The lowest BCUT2D eigenvalue weighted by Gasteiger charge is -2.40. The van der Waals surface area contributed by atoms with Crippen molar-refractivity contribution in [3.05, 3.63) is 65.7 Å². The van der Waals surface area contributed by atoms with Crippen molar-refractivity contribution in [3.8, 4) is 22.5 Å². The average Bonchev–Trinajstić information content (AvgIpc) is 3.53. The monoisotopic (exact) mass is 469 g/mol. The maximum Gasteiger partial charge on any atom is 0.289 e. The molecule has 180 valence electrons. The SMILES string of the molecule is O=C1CCc2cc(-c3oc(C(=O)N4CCN(C5CCCCC5)CC4)cc3-c3ccncc3)ccc21. The molecule has 6 heteroatoms. The highest BCUT2D eigenvalue weighted by Gasteiger charge is 2.30. The third-order valence-corrected chi connectivity index (χ3v) is 7.92. The first kappa shape index (κ1) is 22.2. The molecule has 0 radical (unpaired) electrons. The van der Waals surface area contributed by atoms with Gasteiger partial charge in [-0.15, -0.1) is 0 Å². The maximum absolute atomic E-state index is 13.5. The van der Waals surface area contributed by atoms with E-state index in [2.05, 4.69) is 9.88 Å². The molecule has 1 aliphatic heterocycles. The summed E-state index contributed by atoms with van der Waals surface area (Å²) in [6.07, 6.45) is 11.4. The molecule has 0 unspecified atom stereocenters. The first-order valence-electron chi connectivity index (χ1n) is 12.9. The van der Waals surface area contributed by atoms with Crippen LogP contribution in [0.1, 0.15) is 65.0 Å². The third-order valence-electron chi connectivity index (χ3n) is 7.92. The summed E-state index contributed by atoms with van der Waals surface area (Å²) in [6, 6.07) is 12.3. The first-order valence-corrected chi connectivity index (χ1v) is 12.9. The Kier molecular flexibility index (Phi) is 5.98. The van der Waals surface area contributed by atoms with Crippen LogP contribution in [-0.4, -0.2) is 58.7 Å². The fourth-order valence-electron chi connectivity index (χ4n) is 5.95. The third kappa shape index (κ3) is 4.31. The van der Waals surface area contributed by atoms with E-state index in [1.807, 2.05) is 41.3 Å². The minimum absolute atomic E-state index is 0.0498. The standard InChI is InChI=1S/C29H31N3O3/c33-26-9-7-21-18-22(6-8-24(21)26)28-25(20-10-12-30-13-11-20)19-27(35-28)29(34)32-16-14-31(15-17-32)23-4-2-1-3-5-23/h6,8,10-13,18-19,23H,1-5,7,9,14-17H2. The van der Waals surface area contributed by atoms with Gasteiger partial charge in [0.25, 0.3) is 5.91 Å². The molecule has 1 saturated carbocycles. The van der Waals surface area contributed by atoms with Crippen LogP contribution in [0.3, 0.4) is 0 Å². The van der Waals surface area contributed by atoms with Crippen LogP contribution < -0.4 is 0 Å². The predicted molar refractivity (Wildman–Crippen MR) is 134 cm³/mol. The summed E-state index contributed by atoms with van der Waals surface area (Å²) < 4.78 is 6.29. The highest BCUT2D eigenvalue weighted by Crippen LogP contribution is 2.37. The molecular weight excluding hydrogens is 438 g/mol. The molecule has 3 heterocycles. The number of benzene rings is 1. The Hall–Kier alpha value is -3.25. The first-order chi connectivity index (χ1) is 17.2. The summed E-state index contributed by atoms with van der Waals surface area (Å²) in [6.45, 7) is 3.33. The number of carbonyl (C=O) groups excluding carboxylic acids is 2. The van der Waals surface area contributed by atoms with E-state index in [1.54, 1.807) is 12.4 Å². The normalized spacial score (nSPS) is 19.2. The molecule has 0 atom stereocenters. The van der Waals surface area contributed by atoms with E-state index in [9.17, 15) is 9.59 Å². The van der Waals surface area contributed by atoms with E-state index < -0.39 is 0 Å². The largest absolute Gasteiger partial charge is 0.450 e. The van der Waals surface area contributed by atoms with Crippen molar-refractivity contribution in [3.63, 3.8) is 0 Å². The molecule has 2 aromatic heterocycles. The maximum atomic E-state index is 13.5. The van der Waals surface area contributed by atoms with Crippen molar-refractivity contribution in [2.24, 2.45) is 0 Å². The fraction of sp³-hybridized carbons (Fsp3) is 0.414. The zero-order chi connectivity index (χ0) is 23.8. The smallest absolute Gasteiger partial charge is 0.289 e. The zero-order valence-corrected chi connectivity index (χ0v) is 20.0. The van der Waals surface area contributed by atoms with Gasteiger partial charge in [-0.3, -0.25) is 19.5 Å². The number of amides is 1. The number of carbonyl (C=O) groups is 2. The predicted octanol–water partition coefficient (Wildman–Crippen LogP) is 5.23. The van der Waals surface area contributed by atoms with Crippen molar-refractivity contribution in [1.29, 1.82) is 0 Å². The molecule has 35 heavy (non-hydrogen) atoms. The fourth-order valence-corrected chi connectivity index (χ4v) is 5.95. The quantitative estimate of drug-likeness (QED) is 0.524. The number of hydrogen-bond acceptors (Lipinski definition) is 5. The summed E-state index contributed by atoms with van der Waals surface area (Å²) >= 11 is 0. The molecule has 2 aliphatic carbocycles. The van der Waals surface area contributed by atoms with Crippen LogP contribution in [0.25, 0.3) is 22.5 Å². The Morgan fingerprint density at radius 3 is 2.40 bits per heavy atom. The number of fused-ring (bicyclic) bond motifs is 1. The Balaban J connectivity index is 1.27. The van der Waals surface area contributed by atoms with Crippen LogP contribution in [0.4, 0.5) is 0 Å². The van der Waals surface area contributed by atoms with Gasteiger partial charge in [-0.2, -0.15) is 0 Å². The minimum atomic E-state index is -0.0498. The van der Waals surface area contributed by atoms with E-state index in [-0.39, 0.29) is 11.7 Å². The van der Waals surface area contributed by atoms with E-state index in [4.69, 9.17) is 4.42 Å². The molecule has 1 saturated heterocycles. The number of aromatic nitrogens is 1. The van der Waals surface area contributed by atoms with Crippen molar-refractivity contribution < 1.29 is 14.0 Å². The lowest BCUT2D eigenvalue weighted by molar-refractivity contribution is 0.0498. The highest BCUT2D eigenvalue weighted by molar-refractivity contribution is 6.01. The molecule has 1 amide bonds. The summed E-state index contributed by atoms with van der Waals surface area (Å²) in [5, 5.41) is 0. The van der Waals surface area contributed by atoms with Gasteiger partial charge < -0.3 is 9.32 Å². The molecule has 0 spiro atoms. The van der Waals surface area contributed by atoms with E-state index in [1.165, 1.54) is 32.1 Å². The Morgan fingerprint density at radius 2 is 1.63 bits per heavy atom. The molecule has 1 aromatic carbocycles. The van der Waals surface area contributed by atoms with Gasteiger partial charge in [0.1, 0.15) is 5.76 Å². The molecule has 3 aliphatic rings. The van der Waals surface area contributed by atoms with Crippen LogP contribution in [0.2, 0.25) is 0 Å². The zero-order valence-electron chi connectivity index (χ0n) is 20.0. The van der Waals surface area contributed by atoms with Crippen LogP contribution in [0, 0.1) is 0 Å². The summed E-state index contributed by atoms with van der Waals surface area (Å²) in [7, 11) is 0. The van der Waals surface area contributed by atoms with Gasteiger partial charge in [-0.05, 0) is 54.7 Å². The molecule has 3 aromatic rings. The molecule has 0 N–H and O–H groups in total. The number of rotatable bonds is 4. The number of Topliss-reactive ketones (excluding diaryl/α,β-unsaturated/α-hetero) is 1. The summed E-state index contributed by atoms with van der Waals surface area (Å²) in [5.41, 5.74) is 4.58. The minimum Gasteiger partial charge on any atom is -0.450 e. The van der Waals surface area contributed by atoms with Gasteiger partial charge in [0.2, 0.25) is 0 Å². The van der Waals surface area contributed by atoms with Gasteiger partial charge in [-0.1, -0.05) is 31.4 Å². The van der Waals surface area contributed by atoms with Gasteiger partial charge in [-0.25, -0.2) is 0 Å². The molecule has 6 nitrogen and oxygen atoms in total. The molecule has 2 fully saturated rings. The number of ketones is 1. The topological polar surface area (TPSA) is 66.7 Å². The van der Waals surface area contributed by atoms with Gasteiger partial charge >= 0.3 is 0 Å². The second kappa shape index (κ2) is 9.42. The lowest BCUT2D eigenvalue weighted by Crippen LogP contribution is -2.52. The Morgan fingerprint density at radius 1 is 0.857 bits per heavy atom. The van der Waals surface area contributed by atoms with E-state index >= 15 is 0 Å². The van der Waals surface area contributed by atoms with Crippen LogP contribution in [-0.2, 0) is 6.42 Å². The summed E-state index contributed by atoms with van der Waals surface area (Å²) in [4.78, 5) is 34.3. The second-order valence-corrected chi connectivity index (χ2v) is 10.0. The number of furan rings is 1. The van der Waals surface area contributed by atoms with Gasteiger partial charge in [0, 0.05) is 67.7 Å². The highest BCUT2D eigenvalue weighted by atomic mass is 16.4. The van der Waals surface area contributed by atoms with Gasteiger partial charge in [0.15, 0.2) is 11.5 Å². The number of pyridine rings is 1. The number of hydrogen-bond donors (Lipinski definition) is 0. The molecule has 6 rings (SSSR count). The Bertz CT molecular complexity index is 1240. The van der Waals surface area contributed by atoms with E-state index in [0.717, 1.165) is 60.4 Å². The number of nitrogens with zero attached hydrogens (tertiary/aromatic N) is 3. The molecular formula is C29H31N3O3. The number of aryl methyl sites for hydroxylation is 1. The van der Waals surface area contributed by atoms with Crippen molar-refractivity contribution in [2.75, 3.05) is 26.2 Å².